The normalized spacial score (nSPS) is 18.6. The van der Waals surface area contributed by atoms with E-state index in [1.807, 2.05) is 31.2 Å². The Morgan fingerprint density at radius 3 is 2.95 bits per heavy atom. The molecule has 1 unspecified atom stereocenters. The fraction of sp³-hybridized carbons (Fsp3) is 0.375. The van der Waals surface area contributed by atoms with Crippen LogP contribution in [0.5, 0.6) is 0 Å². The van der Waals surface area contributed by atoms with Crippen molar-refractivity contribution < 1.29 is 14.7 Å². The van der Waals surface area contributed by atoms with Gasteiger partial charge in [0.2, 0.25) is 5.91 Å². The van der Waals surface area contributed by atoms with E-state index in [4.69, 9.17) is 5.11 Å². The number of aryl methyl sites for hydroxylation is 1. The van der Waals surface area contributed by atoms with Crippen molar-refractivity contribution in [3.05, 3.63) is 41.5 Å². The van der Waals surface area contributed by atoms with E-state index >= 15 is 0 Å². The lowest BCUT2D eigenvalue weighted by Gasteiger charge is -2.21. The van der Waals surface area contributed by atoms with Crippen molar-refractivity contribution in [1.82, 2.24) is 4.90 Å². The van der Waals surface area contributed by atoms with Crippen molar-refractivity contribution in [2.75, 3.05) is 6.54 Å². The van der Waals surface area contributed by atoms with E-state index in [-0.39, 0.29) is 18.4 Å². The third-order valence-electron chi connectivity index (χ3n) is 3.53. The highest BCUT2D eigenvalue weighted by Gasteiger charge is 2.28. The first-order chi connectivity index (χ1) is 9.56. The first-order valence-electron chi connectivity index (χ1n) is 6.83. The SMILES string of the molecule is Cc1cccc(/C=C/C(=O)N2CCCC2CC(=O)O)c1. The molecular formula is C16H19NO3. The Labute approximate surface area is 118 Å². The molecule has 0 saturated carbocycles. The molecule has 0 bridgehead atoms. The van der Waals surface area contributed by atoms with Crippen LogP contribution in [0.15, 0.2) is 30.3 Å². The van der Waals surface area contributed by atoms with Gasteiger partial charge in [0, 0.05) is 18.7 Å². The van der Waals surface area contributed by atoms with Gasteiger partial charge in [-0.2, -0.15) is 0 Å². The standard InChI is InChI=1S/C16H19NO3/c1-12-4-2-5-13(10-12)7-8-15(18)17-9-3-6-14(17)11-16(19)20/h2,4-5,7-8,10,14H,3,6,9,11H2,1H3,(H,19,20)/b8-7+. The summed E-state index contributed by atoms with van der Waals surface area (Å²) in [5, 5.41) is 8.86. The van der Waals surface area contributed by atoms with E-state index in [1.54, 1.807) is 11.0 Å². The molecule has 1 heterocycles. The van der Waals surface area contributed by atoms with E-state index in [0.29, 0.717) is 6.54 Å². The molecular weight excluding hydrogens is 254 g/mol. The van der Waals surface area contributed by atoms with E-state index in [0.717, 1.165) is 24.0 Å². The number of aliphatic carboxylic acids is 1. The summed E-state index contributed by atoms with van der Waals surface area (Å²) in [5.41, 5.74) is 2.12. The molecule has 0 spiro atoms. The van der Waals surface area contributed by atoms with Crippen LogP contribution in [0.4, 0.5) is 0 Å². The molecule has 0 radical (unpaired) electrons. The van der Waals surface area contributed by atoms with Crippen LogP contribution in [0.2, 0.25) is 0 Å². The molecule has 1 fully saturated rings. The smallest absolute Gasteiger partial charge is 0.305 e. The lowest BCUT2D eigenvalue weighted by molar-refractivity contribution is -0.139. The average molecular weight is 273 g/mol. The van der Waals surface area contributed by atoms with Crippen molar-refractivity contribution >= 4 is 18.0 Å². The monoisotopic (exact) mass is 273 g/mol. The number of benzene rings is 1. The summed E-state index contributed by atoms with van der Waals surface area (Å²) in [7, 11) is 0. The average Bonchev–Trinajstić information content (AvgIpc) is 2.83. The Bertz CT molecular complexity index is 536. The second-order valence-corrected chi connectivity index (χ2v) is 5.17. The van der Waals surface area contributed by atoms with Crippen LogP contribution in [0.1, 0.15) is 30.4 Å². The molecule has 0 aliphatic carbocycles. The number of nitrogens with zero attached hydrogens (tertiary/aromatic N) is 1. The van der Waals surface area contributed by atoms with E-state index in [1.165, 1.54) is 6.08 Å². The molecule has 4 heteroatoms. The lowest BCUT2D eigenvalue weighted by Crippen LogP contribution is -2.35. The van der Waals surface area contributed by atoms with Gasteiger partial charge in [0.25, 0.3) is 0 Å². The zero-order chi connectivity index (χ0) is 14.5. The molecule has 4 nitrogen and oxygen atoms in total. The van der Waals surface area contributed by atoms with E-state index in [2.05, 4.69) is 0 Å². The fourth-order valence-electron chi connectivity index (χ4n) is 2.58. The number of carboxylic acid groups (broad SMARTS) is 1. The van der Waals surface area contributed by atoms with Crippen LogP contribution in [-0.4, -0.2) is 34.5 Å². The molecule has 1 aromatic carbocycles. The van der Waals surface area contributed by atoms with E-state index in [9.17, 15) is 9.59 Å². The summed E-state index contributed by atoms with van der Waals surface area (Å²) in [6.45, 7) is 2.65. The number of amides is 1. The van der Waals surface area contributed by atoms with Gasteiger partial charge in [-0.1, -0.05) is 29.8 Å². The molecule has 1 saturated heterocycles. The second kappa shape index (κ2) is 6.37. The summed E-state index contributed by atoms with van der Waals surface area (Å²) >= 11 is 0. The molecule has 0 aromatic heterocycles. The predicted molar refractivity (Wildman–Crippen MR) is 77.2 cm³/mol. The Morgan fingerprint density at radius 2 is 2.25 bits per heavy atom. The number of rotatable bonds is 4. The largest absolute Gasteiger partial charge is 0.481 e. The molecule has 1 aliphatic rings. The van der Waals surface area contributed by atoms with Crippen LogP contribution in [-0.2, 0) is 9.59 Å². The number of hydrogen-bond acceptors (Lipinski definition) is 2. The minimum Gasteiger partial charge on any atom is -0.481 e. The van der Waals surface area contributed by atoms with Gasteiger partial charge >= 0.3 is 5.97 Å². The van der Waals surface area contributed by atoms with Gasteiger partial charge in [0.15, 0.2) is 0 Å². The number of carbonyl (C=O) groups is 2. The quantitative estimate of drug-likeness (QED) is 0.857. The topological polar surface area (TPSA) is 57.6 Å². The van der Waals surface area contributed by atoms with Crippen molar-refractivity contribution in [2.24, 2.45) is 0 Å². The first-order valence-corrected chi connectivity index (χ1v) is 6.83. The summed E-state index contributed by atoms with van der Waals surface area (Å²) in [5.74, 6) is -0.951. The van der Waals surface area contributed by atoms with Gasteiger partial charge in [-0.05, 0) is 31.4 Å². The minimum atomic E-state index is -0.850. The predicted octanol–water partition coefficient (Wildman–Crippen LogP) is 2.47. The van der Waals surface area contributed by atoms with Gasteiger partial charge in [-0.3, -0.25) is 9.59 Å². The number of carbonyl (C=O) groups excluding carboxylic acids is 1. The second-order valence-electron chi connectivity index (χ2n) is 5.17. The molecule has 2 rings (SSSR count). The maximum atomic E-state index is 12.1. The molecule has 1 N–H and O–H groups in total. The Balaban J connectivity index is 2.02. The maximum absolute atomic E-state index is 12.1. The third-order valence-corrected chi connectivity index (χ3v) is 3.53. The molecule has 1 aromatic rings. The zero-order valence-corrected chi connectivity index (χ0v) is 11.6. The Morgan fingerprint density at radius 1 is 1.45 bits per heavy atom. The first kappa shape index (κ1) is 14.3. The molecule has 106 valence electrons. The lowest BCUT2D eigenvalue weighted by atomic mass is 10.1. The molecule has 1 aliphatic heterocycles. The maximum Gasteiger partial charge on any atom is 0.305 e. The van der Waals surface area contributed by atoms with Crippen LogP contribution >= 0.6 is 0 Å². The van der Waals surface area contributed by atoms with Crippen molar-refractivity contribution in [1.29, 1.82) is 0 Å². The Kier molecular flexibility index (Phi) is 4.56. The summed E-state index contributed by atoms with van der Waals surface area (Å²) in [6, 6.07) is 7.73. The van der Waals surface area contributed by atoms with Crippen molar-refractivity contribution in [3.8, 4) is 0 Å². The van der Waals surface area contributed by atoms with Crippen LogP contribution < -0.4 is 0 Å². The molecule has 1 amide bonds. The summed E-state index contributed by atoms with van der Waals surface area (Å²) < 4.78 is 0. The van der Waals surface area contributed by atoms with Crippen LogP contribution in [0, 0.1) is 6.92 Å². The van der Waals surface area contributed by atoms with Crippen molar-refractivity contribution in [3.63, 3.8) is 0 Å². The van der Waals surface area contributed by atoms with Gasteiger partial charge in [-0.15, -0.1) is 0 Å². The van der Waals surface area contributed by atoms with Gasteiger partial charge < -0.3 is 10.0 Å². The van der Waals surface area contributed by atoms with Gasteiger partial charge in [0.05, 0.1) is 6.42 Å². The highest BCUT2D eigenvalue weighted by Crippen LogP contribution is 2.20. The number of hydrogen-bond donors (Lipinski definition) is 1. The van der Waals surface area contributed by atoms with Crippen LogP contribution in [0.3, 0.4) is 0 Å². The Hall–Kier alpha value is -2.10. The zero-order valence-electron chi connectivity index (χ0n) is 11.6. The molecule has 20 heavy (non-hydrogen) atoms. The third kappa shape index (κ3) is 3.70. The highest BCUT2D eigenvalue weighted by molar-refractivity contribution is 5.92. The van der Waals surface area contributed by atoms with E-state index < -0.39 is 5.97 Å². The number of likely N-dealkylation sites (tertiary alicyclic amines) is 1. The highest BCUT2D eigenvalue weighted by atomic mass is 16.4. The molecule has 1 atom stereocenters. The summed E-state index contributed by atoms with van der Waals surface area (Å²) in [6.07, 6.45) is 5.00. The van der Waals surface area contributed by atoms with Crippen molar-refractivity contribution in [2.45, 2.75) is 32.2 Å². The fourth-order valence-corrected chi connectivity index (χ4v) is 2.58. The van der Waals surface area contributed by atoms with Crippen LogP contribution in [0.25, 0.3) is 6.08 Å². The summed E-state index contributed by atoms with van der Waals surface area (Å²) in [4.78, 5) is 24.6. The van der Waals surface area contributed by atoms with Gasteiger partial charge in [0.1, 0.15) is 0 Å². The minimum absolute atomic E-state index is 0.0318. The number of carboxylic acids is 1. The van der Waals surface area contributed by atoms with Gasteiger partial charge in [-0.25, -0.2) is 0 Å².